The van der Waals surface area contributed by atoms with E-state index in [9.17, 15) is 8.42 Å². The number of nitrogens with one attached hydrogen (secondary N) is 1. The number of piperazine rings is 1. The van der Waals surface area contributed by atoms with Gasteiger partial charge in [-0.25, -0.2) is 8.42 Å². The Morgan fingerprint density at radius 2 is 2.00 bits per heavy atom. The molecule has 1 aliphatic rings. The molecule has 1 unspecified atom stereocenters. The molecule has 1 N–H and O–H groups in total. The summed E-state index contributed by atoms with van der Waals surface area (Å²) in [6.07, 6.45) is 1.31. The van der Waals surface area contributed by atoms with E-state index in [1.165, 1.54) is 6.26 Å². The maximum Gasteiger partial charge on any atom is 0.148 e. The van der Waals surface area contributed by atoms with Crippen LogP contribution in [-0.2, 0) is 9.84 Å². The standard InChI is InChI=1S/C12H26N2O2S/c1-10(2)11-8-13-12(3,4)9-14(11)6-7-17(5,15)16/h10-11,13H,6-9H2,1-5H3. The molecule has 1 heterocycles. The van der Waals surface area contributed by atoms with Gasteiger partial charge in [0.25, 0.3) is 0 Å². The summed E-state index contributed by atoms with van der Waals surface area (Å²) in [7, 11) is -2.87. The van der Waals surface area contributed by atoms with Gasteiger partial charge in [-0.15, -0.1) is 0 Å². The smallest absolute Gasteiger partial charge is 0.148 e. The van der Waals surface area contributed by atoms with E-state index in [2.05, 4.69) is 37.9 Å². The molecular formula is C12H26N2O2S. The van der Waals surface area contributed by atoms with E-state index in [-0.39, 0.29) is 11.3 Å². The van der Waals surface area contributed by atoms with Crippen molar-refractivity contribution in [1.82, 2.24) is 10.2 Å². The van der Waals surface area contributed by atoms with E-state index < -0.39 is 9.84 Å². The Labute approximate surface area is 106 Å². The van der Waals surface area contributed by atoms with Crippen LogP contribution in [0.5, 0.6) is 0 Å². The Balaban J connectivity index is 2.68. The summed E-state index contributed by atoms with van der Waals surface area (Å²) < 4.78 is 22.5. The average Bonchev–Trinajstić information content (AvgIpc) is 2.11. The fourth-order valence-corrected chi connectivity index (χ4v) is 2.94. The highest BCUT2D eigenvalue weighted by Gasteiger charge is 2.33. The summed E-state index contributed by atoms with van der Waals surface area (Å²) in [5, 5.41) is 3.53. The molecule has 0 spiro atoms. The summed E-state index contributed by atoms with van der Waals surface area (Å²) in [6, 6.07) is 0.435. The van der Waals surface area contributed by atoms with E-state index in [1.54, 1.807) is 0 Å². The molecule has 0 aromatic carbocycles. The Morgan fingerprint density at radius 3 is 2.47 bits per heavy atom. The zero-order valence-electron chi connectivity index (χ0n) is 11.7. The number of sulfone groups is 1. The topological polar surface area (TPSA) is 49.4 Å². The van der Waals surface area contributed by atoms with Crippen LogP contribution in [-0.4, -0.2) is 56.5 Å². The minimum Gasteiger partial charge on any atom is -0.309 e. The van der Waals surface area contributed by atoms with Gasteiger partial charge < -0.3 is 5.32 Å². The Kier molecular flexibility index (Phi) is 4.60. The van der Waals surface area contributed by atoms with Gasteiger partial charge in [0.1, 0.15) is 9.84 Å². The molecule has 1 saturated heterocycles. The van der Waals surface area contributed by atoms with Crippen molar-refractivity contribution in [3.05, 3.63) is 0 Å². The zero-order chi connectivity index (χ0) is 13.3. The monoisotopic (exact) mass is 262 g/mol. The van der Waals surface area contributed by atoms with E-state index in [4.69, 9.17) is 0 Å². The third-order valence-electron chi connectivity index (χ3n) is 3.38. The molecule has 0 bridgehead atoms. The van der Waals surface area contributed by atoms with Crippen molar-refractivity contribution in [2.24, 2.45) is 5.92 Å². The van der Waals surface area contributed by atoms with Crippen molar-refractivity contribution in [2.75, 3.05) is 31.6 Å². The molecule has 0 aromatic heterocycles. The summed E-state index contributed by atoms with van der Waals surface area (Å²) in [4.78, 5) is 2.32. The van der Waals surface area contributed by atoms with Crippen LogP contribution in [0.2, 0.25) is 0 Å². The average molecular weight is 262 g/mol. The molecule has 1 aliphatic heterocycles. The predicted molar refractivity (Wildman–Crippen MR) is 72.0 cm³/mol. The molecule has 0 amide bonds. The van der Waals surface area contributed by atoms with Crippen molar-refractivity contribution in [3.8, 4) is 0 Å². The van der Waals surface area contributed by atoms with Crippen molar-refractivity contribution in [3.63, 3.8) is 0 Å². The maximum absolute atomic E-state index is 11.3. The fraction of sp³-hybridized carbons (Fsp3) is 1.00. The number of hydrogen-bond acceptors (Lipinski definition) is 4. The van der Waals surface area contributed by atoms with Gasteiger partial charge >= 0.3 is 0 Å². The van der Waals surface area contributed by atoms with Crippen molar-refractivity contribution < 1.29 is 8.42 Å². The Bertz CT molecular complexity index is 350. The van der Waals surface area contributed by atoms with Crippen LogP contribution in [0.1, 0.15) is 27.7 Å². The lowest BCUT2D eigenvalue weighted by Gasteiger charge is -2.46. The fourth-order valence-electron chi connectivity index (χ4n) is 2.38. The molecule has 1 atom stereocenters. The first kappa shape index (κ1) is 14.9. The van der Waals surface area contributed by atoms with E-state index in [1.807, 2.05) is 0 Å². The van der Waals surface area contributed by atoms with Gasteiger partial charge in [-0.05, 0) is 19.8 Å². The number of nitrogens with zero attached hydrogens (tertiary/aromatic N) is 1. The van der Waals surface area contributed by atoms with Gasteiger partial charge in [-0.3, -0.25) is 4.90 Å². The van der Waals surface area contributed by atoms with Gasteiger partial charge in [-0.2, -0.15) is 0 Å². The van der Waals surface area contributed by atoms with Crippen LogP contribution >= 0.6 is 0 Å². The first-order chi connectivity index (χ1) is 7.61. The highest BCUT2D eigenvalue weighted by Crippen LogP contribution is 2.19. The normalized spacial score (nSPS) is 26.4. The highest BCUT2D eigenvalue weighted by molar-refractivity contribution is 7.90. The second-order valence-corrected chi connectivity index (χ2v) is 8.44. The zero-order valence-corrected chi connectivity index (χ0v) is 12.5. The highest BCUT2D eigenvalue weighted by atomic mass is 32.2. The van der Waals surface area contributed by atoms with Gasteiger partial charge in [-0.1, -0.05) is 13.8 Å². The summed E-state index contributed by atoms with van der Waals surface area (Å²) >= 11 is 0. The van der Waals surface area contributed by atoms with E-state index in [0.717, 1.165) is 13.1 Å². The van der Waals surface area contributed by atoms with Gasteiger partial charge in [0.05, 0.1) is 5.75 Å². The van der Waals surface area contributed by atoms with Crippen molar-refractivity contribution in [1.29, 1.82) is 0 Å². The van der Waals surface area contributed by atoms with Crippen LogP contribution in [0.4, 0.5) is 0 Å². The predicted octanol–water partition coefficient (Wildman–Crippen LogP) is 0.739. The second kappa shape index (κ2) is 5.24. The van der Waals surface area contributed by atoms with E-state index >= 15 is 0 Å². The summed E-state index contributed by atoms with van der Waals surface area (Å²) in [5.41, 5.74) is 0.0723. The lowest BCUT2D eigenvalue weighted by molar-refractivity contribution is 0.0752. The quantitative estimate of drug-likeness (QED) is 0.812. The van der Waals surface area contributed by atoms with Crippen LogP contribution < -0.4 is 5.32 Å². The Morgan fingerprint density at radius 1 is 1.41 bits per heavy atom. The van der Waals surface area contributed by atoms with Crippen LogP contribution in [0.3, 0.4) is 0 Å². The molecular weight excluding hydrogens is 236 g/mol. The molecule has 1 fully saturated rings. The summed E-state index contributed by atoms with van der Waals surface area (Å²) in [5.74, 6) is 0.796. The Hall–Kier alpha value is -0.130. The molecule has 0 saturated carbocycles. The first-order valence-corrected chi connectivity index (χ1v) is 8.33. The van der Waals surface area contributed by atoms with Crippen LogP contribution in [0.15, 0.2) is 0 Å². The molecule has 17 heavy (non-hydrogen) atoms. The lowest BCUT2D eigenvalue weighted by Crippen LogP contribution is -2.63. The molecule has 102 valence electrons. The number of rotatable bonds is 4. The third kappa shape index (κ3) is 4.94. The van der Waals surface area contributed by atoms with Crippen LogP contribution in [0.25, 0.3) is 0 Å². The van der Waals surface area contributed by atoms with Gasteiger partial charge in [0.2, 0.25) is 0 Å². The largest absolute Gasteiger partial charge is 0.309 e. The molecule has 1 rings (SSSR count). The molecule has 4 nitrogen and oxygen atoms in total. The minimum atomic E-state index is -2.87. The lowest BCUT2D eigenvalue weighted by atomic mass is 9.93. The van der Waals surface area contributed by atoms with Gasteiger partial charge in [0.15, 0.2) is 0 Å². The second-order valence-electron chi connectivity index (χ2n) is 6.18. The molecule has 5 heteroatoms. The summed E-state index contributed by atoms with van der Waals surface area (Å²) in [6.45, 7) is 11.2. The third-order valence-corrected chi connectivity index (χ3v) is 4.30. The molecule has 0 aromatic rings. The van der Waals surface area contributed by atoms with Gasteiger partial charge in [0, 0.05) is 37.5 Å². The van der Waals surface area contributed by atoms with Crippen molar-refractivity contribution >= 4 is 9.84 Å². The molecule has 0 radical (unpaired) electrons. The minimum absolute atomic E-state index is 0.0723. The first-order valence-electron chi connectivity index (χ1n) is 6.27. The maximum atomic E-state index is 11.3. The SMILES string of the molecule is CC(C)C1CNC(C)(C)CN1CCS(C)(=O)=O. The van der Waals surface area contributed by atoms with Crippen LogP contribution in [0, 0.1) is 5.92 Å². The van der Waals surface area contributed by atoms with E-state index in [0.29, 0.717) is 18.5 Å². The molecule has 0 aliphatic carbocycles. The van der Waals surface area contributed by atoms with Crippen molar-refractivity contribution in [2.45, 2.75) is 39.3 Å². The number of hydrogen-bond donors (Lipinski definition) is 1.